The molecule has 0 amide bonds. The summed E-state index contributed by atoms with van der Waals surface area (Å²) in [5, 5.41) is 6.19. The van der Waals surface area contributed by atoms with Crippen LogP contribution in [0.4, 0.5) is 8.78 Å². The number of hydrogen-bond donors (Lipinski definition) is 2. The molecule has 10 heteroatoms. The van der Waals surface area contributed by atoms with Gasteiger partial charge in [0.2, 0.25) is 6.79 Å². The van der Waals surface area contributed by atoms with Crippen molar-refractivity contribution in [2.75, 3.05) is 33.1 Å². The minimum absolute atomic E-state index is 0. The summed E-state index contributed by atoms with van der Waals surface area (Å²) < 4.78 is 45.6. The van der Waals surface area contributed by atoms with Crippen molar-refractivity contribution in [3.8, 4) is 17.2 Å². The zero-order valence-corrected chi connectivity index (χ0v) is 17.0. The molecule has 26 heavy (non-hydrogen) atoms. The molecular formula is C16H24F2IN3O4. The Hall–Kier alpha value is -1.56. The van der Waals surface area contributed by atoms with Gasteiger partial charge < -0.3 is 29.6 Å². The fraction of sp³-hybridized carbons (Fsp3) is 0.562. The van der Waals surface area contributed by atoms with Crippen LogP contribution in [0.1, 0.15) is 19.4 Å². The van der Waals surface area contributed by atoms with Gasteiger partial charge in [0, 0.05) is 31.3 Å². The molecule has 1 heterocycles. The quantitative estimate of drug-likeness (QED) is 0.242. The standard InChI is InChI=1S/C16H23F2N3O4.HI/c1-3-19-16(20-5-6-22-4-2)21-9-11-7-13-14(24-10-23-13)8-12(11)25-15(17)18;/h7-8,15H,3-6,9-10H2,1-2H3,(H2,19,20,21);1H. The molecular weight excluding hydrogens is 463 g/mol. The Morgan fingerprint density at radius 2 is 1.96 bits per heavy atom. The van der Waals surface area contributed by atoms with Crippen LogP contribution in [0.5, 0.6) is 17.2 Å². The van der Waals surface area contributed by atoms with Crippen molar-refractivity contribution in [1.29, 1.82) is 0 Å². The highest BCUT2D eigenvalue weighted by molar-refractivity contribution is 14.0. The van der Waals surface area contributed by atoms with Crippen LogP contribution in [-0.2, 0) is 11.3 Å². The Morgan fingerprint density at radius 3 is 2.62 bits per heavy atom. The second-order valence-electron chi connectivity index (χ2n) is 5.01. The van der Waals surface area contributed by atoms with Crippen molar-refractivity contribution in [2.45, 2.75) is 27.0 Å². The van der Waals surface area contributed by atoms with Crippen LogP contribution < -0.4 is 24.8 Å². The van der Waals surface area contributed by atoms with E-state index in [9.17, 15) is 8.78 Å². The first-order valence-corrected chi connectivity index (χ1v) is 8.11. The van der Waals surface area contributed by atoms with Crippen molar-refractivity contribution < 1.29 is 27.7 Å². The zero-order chi connectivity index (χ0) is 18.1. The van der Waals surface area contributed by atoms with Gasteiger partial charge in [-0.1, -0.05) is 0 Å². The van der Waals surface area contributed by atoms with Crippen LogP contribution in [0.2, 0.25) is 0 Å². The number of ether oxygens (including phenoxy) is 4. The highest BCUT2D eigenvalue weighted by Crippen LogP contribution is 2.38. The molecule has 1 aromatic carbocycles. The van der Waals surface area contributed by atoms with Gasteiger partial charge in [-0.15, -0.1) is 24.0 Å². The van der Waals surface area contributed by atoms with Crippen LogP contribution in [-0.4, -0.2) is 45.7 Å². The van der Waals surface area contributed by atoms with Crippen molar-refractivity contribution in [2.24, 2.45) is 4.99 Å². The van der Waals surface area contributed by atoms with E-state index >= 15 is 0 Å². The van der Waals surface area contributed by atoms with E-state index in [4.69, 9.17) is 14.2 Å². The molecule has 0 unspecified atom stereocenters. The summed E-state index contributed by atoms with van der Waals surface area (Å²) in [7, 11) is 0. The van der Waals surface area contributed by atoms with E-state index in [0.717, 1.165) is 0 Å². The van der Waals surface area contributed by atoms with E-state index in [1.54, 1.807) is 6.07 Å². The van der Waals surface area contributed by atoms with E-state index in [0.29, 0.717) is 49.3 Å². The summed E-state index contributed by atoms with van der Waals surface area (Å²) >= 11 is 0. The normalized spacial score (nSPS) is 12.7. The predicted octanol–water partition coefficient (Wildman–Crippen LogP) is 2.73. The number of aliphatic imine (C=N–C) groups is 1. The maximum absolute atomic E-state index is 12.6. The fourth-order valence-electron chi connectivity index (χ4n) is 2.19. The minimum Gasteiger partial charge on any atom is -0.454 e. The van der Waals surface area contributed by atoms with E-state index in [-0.39, 0.29) is 43.1 Å². The monoisotopic (exact) mass is 487 g/mol. The number of guanidine groups is 1. The number of hydrogen-bond acceptors (Lipinski definition) is 5. The third kappa shape index (κ3) is 6.98. The maximum Gasteiger partial charge on any atom is 0.387 e. The molecule has 0 aromatic heterocycles. The largest absolute Gasteiger partial charge is 0.454 e. The number of halogens is 3. The fourth-order valence-corrected chi connectivity index (χ4v) is 2.19. The van der Waals surface area contributed by atoms with Gasteiger partial charge in [-0.25, -0.2) is 4.99 Å². The van der Waals surface area contributed by atoms with Crippen molar-refractivity contribution in [3.05, 3.63) is 17.7 Å². The lowest BCUT2D eigenvalue weighted by atomic mass is 10.1. The molecule has 0 fully saturated rings. The molecule has 0 spiro atoms. The van der Waals surface area contributed by atoms with Crippen LogP contribution in [0.25, 0.3) is 0 Å². The molecule has 0 aliphatic carbocycles. The maximum atomic E-state index is 12.6. The summed E-state index contributed by atoms with van der Waals surface area (Å²) in [6.45, 7) is 3.56. The van der Waals surface area contributed by atoms with Crippen molar-refractivity contribution in [3.63, 3.8) is 0 Å². The number of benzene rings is 1. The molecule has 1 aliphatic heterocycles. The highest BCUT2D eigenvalue weighted by Gasteiger charge is 2.20. The Balaban J connectivity index is 0.00000338. The lowest BCUT2D eigenvalue weighted by molar-refractivity contribution is -0.0505. The molecule has 1 aliphatic rings. The van der Waals surface area contributed by atoms with Gasteiger partial charge in [-0.05, 0) is 19.9 Å². The Morgan fingerprint density at radius 1 is 1.23 bits per heavy atom. The van der Waals surface area contributed by atoms with Gasteiger partial charge >= 0.3 is 6.61 Å². The van der Waals surface area contributed by atoms with Crippen LogP contribution in [0, 0.1) is 0 Å². The Kier molecular flexibility index (Phi) is 10.3. The average Bonchev–Trinajstić information content (AvgIpc) is 3.02. The Labute approximate surface area is 168 Å². The molecule has 0 saturated heterocycles. The zero-order valence-electron chi connectivity index (χ0n) is 14.7. The number of fused-ring (bicyclic) bond motifs is 1. The summed E-state index contributed by atoms with van der Waals surface area (Å²) in [5.74, 6) is 1.45. The van der Waals surface area contributed by atoms with Crippen molar-refractivity contribution >= 4 is 29.9 Å². The number of rotatable bonds is 9. The van der Waals surface area contributed by atoms with Crippen LogP contribution >= 0.6 is 24.0 Å². The molecule has 148 valence electrons. The smallest absolute Gasteiger partial charge is 0.387 e. The summed E-state index contributed by atoms with van der Waals surface area (Å²) in [6, 6.07) is 3.00. The first-order chi connectivity index (χ1) is 12.1. The summed E-state index contributed by atoms with van der Waals surface area (Å²) in [6.07, 6.45) is 0. The third-order valence-corrected chi connectivity index (χ3v) is 3.27. The summed E-state index contributed by atoms with van der Waals surface area (Å²) in [4.78, 5) is 4.39. The van der Waals surface area contributed by atoms with Crippen molar-refractivity contribution in [1.82, 2.24) is 10.6 Å². The first kappa shape index (κ1) is 22.5. The lowest BCUT2D eigenvalue weighted by Crippen LogP contribution is -2.39. The lowest BCUT2D eigenvalue weighted by Gasteiger charge is -2.13. The molecule has 0 radical (unpaired) electrons. The number of alkyl halides is 2. The van der Waals surface area contributed by atoms with E-state index in [1.807, 2.05) is 13.8 Å². The molecule has 0 atom stereocenters. The molecule has 0 bridgehead atoms. The van der Waals surface area contributed by atoms with Crippen LogP contribution in [0.15, 0.2) is 17.1 Å². The minimum atomic E-state index is -2.93. The molecule has 1 aromatic rings. The van der Waals surface area contributed by atoms with E-state index < -0.39 is 6.61 Å². The van der Waals surface area contributed by atoms with Gasteiger partial charge in [-0.3, -0.25) is 0 Å². The number of nitrogens with one attached hydrogen (secondary N) is 2. The molecule has 2 rings (SSSR count). The molecule has 2 N–H and O–H groups in total. The van der Waals surface area contributed by atoms with Gasteiger partial charge in [0.1, 0.15) is 5.75 Å². The predicted molar refractivity (Wildman–Crippen MR) is 104 cm³/mol. The third-order valence-electron chi connectivity index (χ3n) is 3.27. The van der Waals surface area contributed by atoms with E-state index in [2.05, 4.69) is 20.4 Å². The molecule has 7 nitrogen and oxygen atoms in total. The van der Waals surface area contributed by atoms with Gasteiger partial charge in [0.25, 0.3) is 0 Å². The van der Waals surface area contributed by atoms with Gasteiger partial charge in [0.15, 0.2) is 17.5 Å². The highest BCUT2D eigenvalue weighted by atomic mass is 127. The van der Waals surface area contributed by atoms with Gasteiger partial charge in [-0.2, -0.15) is 8.78 Å². The topological polar surface area (TPSA) is 73.3 Å². The molecule has 0 saturated carbocycles. The second kappa shape index (κ2) is 11.9. The van der Waals surface area contributed by atoms with Gasteiger partial charge in [0.05, 0.1) is 13.2 Å². The first-order valence-electron chi connectivity index (χ1n) is 8.11. The van der Waals surface area contributed by atoms with E-state index in [1.165, 1.54) is 6.07 Å². The number of nitrogens with zero attached hydrogens (tertiary/aromatic N) is 1. The summed E-state index contributed by atoms with van der Waals surface area (Å²) in [5.41, 5.74) is 0.478. The SMILES string of the molecule is CCNC(=NCc1cc2c(cc1OC(F)F)OCO2)NCCOCC.I. The average molecular weight is 487 g/mol. The second-order valence-corrected chi connectivity index (χ2v) is 5.01. The van der Waals surface area contributed by atoms with Crippen LogP contribution in [0.3, 0.4) is 0 Å². The Bertz CT molecular complexity index is 591.